The molecule has 144 valence electrons. The Morgan fingerprint density at radius 1 is 1.14 bits per heavy atom. The first-order chi connectivity index (χ1) is 13.4. The predicted octanol–water partition coefficient (Wildman–Crippen LogP) is 5.85. The number of esters is 1. The van der Waals surface area contributed by atoms with E-state index in [1.165, 1.54) is 12.7 Å². The summed E-state index contributed by atoms with van der Waals surface area (Å²) in [5.41, 5.74) is 6.59. The zero-order chi connectivity index (χ0) is 20.3. The Hall–Kier alpha value is -2.85. The summed E-state index contributed by atoms with van der Waals surface area (Å²) in [5.74, 6) is -0.415. The largest absolute Gasteiger partial charge is 0.465 e. The van der Waals surface area contributed by atoms with Crippen LogP contribution in [0.4, 0.5) is 5.69 Å². The van der Waals surface area contributed by atoms with Crippen molar-refractivity contribution in [3.63, 3.8) is 0 Å². The highest BCUT2D eigenvalue weighted by Crippen LogP contribution is 2.27. The van der Waals surface area contributed by atoms with Gasteiger partial charge in [0.1, 0.15) is 0 Å². The average molecular weight is 395 g/mol. The van der Waals surface area contributed by atoms with E-state index < -0.39 is 5.97 Å². The standard InChI is InChI=1S/C23H23ClN2O2/c1-5-17-6-9-20(10-7-17)26-15(2)12-19(16(26)3)14-25-22-13-18(23(27)28-4)8-11-21(22)24/h6-14H,5H2,1-4H3. The summed E-state index contributed by atoms with van der Waals surface area (Å²) in [6.45, 7) is 6.29. The van der Waals surface area contributed by atoms with E-state index in [9.17, 15) is 4.79 Å². The first-order valence-electron chi connectivity index (χ1n) is 9.14. The summed E-state index contributed by atoms with van der Waals surface area (Å²) in [5, 5.41) is 0.480. The van der Waals surface area contributed by atoms with E-state index in [2.05, 4.69) is 60.7 Å². The fraction of sp³-hybridized carbons (Fsp3) is 0.217. The molecule has 1 heterocycles. The van der Waals surface area contributed by atoms with Gasteiger partial charge in [-0.3, -0.25) is 4.99 Å². The Bertz CT molecular complexity index is 1030. The van der Waals surface area contributed by atoms with Gasteiger partial charge in [0.2, 0.25) is 0 Å². The van der Waals surface area contributed by atoms with Gasteiger partial charge in [-0.1, -0.05) is 30.7 Å². The van der Waals surface area contributed by atoms with Gasteiger partial charge in [-0.15, -0.1) is 0 Å². The monoisotopic (exact) mass is 394 g/mol. The molecule has 0 amide bonds. The molecular formula is C23H23ClN2O2. The number of hydrogen-bond acceptors (Lipinski definition) is 3. The second-order valence-electron chi connectivity index (χ2n) is 6.60. The minimum Gasteiger partial charge on any atom is -0.465 e. The Balaban J connectivity index is 1.94. The van der Waals surface area contributed by atoms with Crippen LogP contribution in [0.5, 0.6) is 0 Å². The number of nitrogens with zero attached hydrogens (tertiary/aromatic N) is 2. The highest BCUT2D eigenvalue weighted by Gasteiger charge is 2.11. The van der Waals surface area contributed by atoms with E-state index >= 15 is 0 Å². The van der Waals surface area contributed by atoms with Crippen LogP contribution in [0.3, 0.4) is 0 Å². The van der Waals surface area contributed by atoms with Crippen LogP contribution in [-0.4, -0.2) is 23.9 Å². The molecule has 0 N–H and O–H groups in total. The van der Waals surface area contributed by atoms with E-state index in [-0.39, 0.29) is 0 Å². The maximum atomic E-state index is 11.7. The number of aryl methyl sites for hydroxylation is 2. The molecule has 4 nitrogen and oxygen atoms in total. The number of aliphatic imine (C=N–C) groups is 1. The zero-order valence-electron chi connectivity index (χ0n) is 16.5. The van der Waals surface area contributed by atoms with Gasteiger partial charge in [0.15, 0.2) is 0 Å². The summed E-state index contributed by atoms with van der Waals surface area (Å²) in [7, 11) is 1.35. The third-order valence-electron chi connectivity index (χ3n) is 4.78. The summed E-state index contributed by atoms with van der Waals surface area (Å²) in [6, 6.07) is 15.6. The van der Waals surface area contributed by atoms with Crippen molar-refractivity contribution in [3.05, 3.63) is 81.6 Å². The van der Waals surface area contributed by atoms with Crippen LogP contribution in [0.2, 0.25) is 5.02 Å². The summed E-state index contributed by atoms with van der Waals surface area (Å²) >= 11 is 6.24. The number of aromatic nitrogens is 1. The molecule has 0 radical (unpaired) electrons. The molecule has 0 saturated heterocycles. The smallest absolute Gasteiger partial charge is 0.337 e. The molecule has 0 atom stereocenters. The van der Waals surface area contributed by atoms with E-state index in [0.717, 1.165) is 29.1 Å². The number of halogens is 1. The van der Waals surface area contributed by atoms with Crippen molar-refractivity contribution in [3.8, 4) is 5.69 Å². The quantitative estimate of drug-likeness (QED) is 0.402. The second-order valence-corrected chi connectivity index (χ2v) is 7.01. The third-order valence-corrected chi connectivity index (χ3v) is 5.10. The summed E-state index contributed by atoms with van der Waals surface area (Å²) in [4.78, 5) is 16.2. The Morgan fingerprint density at radius 2 is 1.86 bits per heavy atom. The highest BCUT2D eigenvalue weighted by molar-refractivity contribution is 6.33. The lowest BCUT2D eigenvalue weighted by Crippen LogP contribution is -2.00. The van der Waals surface area contributed by atoms with Crippen molar-refractivity contribution < 1.29 is 9.53 Å². The summed E-state index contributed by atoms with van der Waals surface area (Å²) < 4.78 is 6.96. The maximum absolute atomic E-state index is 11.7. The average Bonchev–Trinajstić information content (AvgIpc) is 3.00. The fourth-order valence-corrected chi connectivity index (χ4v) is 3.36. The molecule has 0 aliphatic rings. The number of ether oxygens (including phenoxy) is 1. The molecule has 0 spiro atoms. The highest BCUT2D eigenvalue weighted by atomic mass is 35.5. The Kier molecular flexibility index (Phi) is 6.00. The van der Waals surface area contributed by atoms with Crippen LogP contribution < -0.4 is 0 Å². The molecule has 3 rings (SSSR count). The van der Waals surface area contributed by atoms with Gasteiger partial charge in [-0.25, -0.2) is 4.79 Å². The minimum absolute atomic E-state index is 0.415. The lowest BCUT2D eigenvalue weighted by atomic mass is 10.1. The normalized spacial score (nSPS) is 11.2. The first-order valence-corrected chi connectivity index (χ1v) is 9.52. The predicted molar refractivity (Wildman–Crippen MR) is 115 cm³/mol. The van der Waals surface area contributed by atoms with Crippen molar-refractivity contribution in [2.75, 3.05) is 7.11 Å². The van der Waals surface area contributed by atoms with E-state index in [1.807, 2.05) is 0 Å². The van der Waals surface area contributed by atoms with E-state index in [4.69, 9.17) is 16.3 Å². The molecule has 28 heavy (non-hydrogen) atoms. The maximum Gasteiger partial charge on any atom is 0.337 e. The van der Waals surface area contributed by atoms with Crippen molar-refractivity contribution in [1.82, 2.24) is 4.57 Å². The molecular weight excluding hydrogens is 372 g/mol. The molecule has 0 bridgehead atoms. The van der Waals surface area contributed by atoms with Crippen molar-refractivity contribution in [1.29, 1.82) is 0 Å². The Morgan fingerprint density at radius 3 is 2.50 bits per heavy atom. The molecule has 0 aliphatic carbocycles. The SMILES string of the molecule is CCc1ccc(-n2c(C)cc(C=Nc3cc(C(=O)OC)ccc3Cl)c2C)cc1. The number of carbonyl (C=O) groups is 1. The van der Waals surface area contributed by atoms with Crippen LogP contribution in [0.1, 0.15) is 39.8 Å². The molecule has 2 aromatic carbocycles. The fourth-order valence-electron chi connectivity index (χ4n) is 3.19. The zero-order valence-corrected chi connectivity index (χ0v) is 17.2. The van der Waals surface area contributed by atoms with Crippen LogP contribution in [-0.2, 0) is 11.2 Å². The molecule has 1 aromatic heterocycles. The Labute approximate surface area is 170 Å². The first kappa shape index (κ1) is 19.9. The molecule has 5 heteroatoms. The summed E-state index contributed by atoms with van der Waals surface area (Å²) in [6.07, 6.45) is 2.80. The van der Waals surface area contributed by atoms with E-state index in [0.29, 0.717) is 16.3 Å². The van der Waals surface area contributed by atoms with Gasteiger partial charge >= 0.3 is 5.97 Å². The van der Waals surface area contributed by atoms with Gasteiger partial charge in [-0.05, 0) is 62.2 Å². The molecule has 0 fully saturated rings. The van der Waals surface area contributed by atoms with Crippen LogP contribution in [0, 0.1) is 13.8 Å². The molecule has 3 aromatic rings. The topological polar surface area (TPSA) is 43.6 Å². The number of rotatable bonds is 5. The number of methoxy groups -OCH3 is 1. The van der Waals surface area contributed by atoms with Crippen molar-refractivity contribution in [2.24, 2.45) is 4.99 Å². The van der Waals surface area contributed by atoms with Crippen LogP contribution in [0.25, 0.3) is 5.69 Å². The van der Waals surface area contributed by atoms with Crippen LogP contribution in [0.15, 0.2) is 53.5 Å². The minimum atomic E-state index is -0.415. The van der Waals surface area contributed by atoms with Crippen molar-refractivity contribution >= 4 is 29.5 Å². The van der Waals surface area contributed by atoms with Gasteiger partial charge < -0.3 is 9.30 Å². The van der Waals surface area contributed by atoms with Gasteiger partial charge in [0.05, 0.1) is 23.4 Å². The van der Waals surface area contributed by atoms with Gasteiger partial charge in [0, 0.05) is 28.9 Å². The molecule has 0 aliphatic heterocycles. The molecule has 0 unspecified atom stereocenters. The van der Waals surface area contributed by atoms with Gasteiger partial charge in [-0.2, -0.15) is 0 Å². The lowest BCUT2D eigenvalue weighted by Gasteiger charge is -2.10. The number of hydrogen-bond donors (Lipinski definition) is 0. The van der Waals surface area contributed by atoms with Gasteiger partial charge in [0.25, 0.3) is 0 Å². The lowest BCUT2D eigenvalue weighted by molar-refractivity contribution is 0.0601. The number of carbonyl (C=O) groups excluding carboxylic acids is 1. The molecule has 0 saturated carbocycles. The van der Waals surface area contributed by atoms with E-state index in [1.54, 1.807) is 24.4 Å². The second kappa shape index (κ2) is 8.44. The number of benzene rings is 2. The van der Waals surface area contributed by atoms with Crippen molar-refractivity contribution in [2.45, 2.75) is 27.2 Å². The third kappa shape index (κ3) is 4.02. The van der Waals surface area contributed by atoms with Crippen LogP contribution >= 0.6 is 11.6 Å².